The van der Waals surface area contributed by atoms with Gasteiger partial charge in [0.1, 0.15) is 23.0 Å². The molecule has 2 heterocycles. The summed E-state index contributed by atoms with van der Waals surface area (Å²) in [6.07, 6.45) is 3.80. The third-order valence-corrected chi connectivity index (χ3v) is 4.46. The van der Waals surface area contributed by atoms with Gasteiger partial charge in [0.25, 0.3) is 0 Å². The number of aromatic nitrogens is 2. The maximum absolute atomic E-state index is 6.13. The summed E-state index contributed by atoms with van der Waals surface area (Å²) in [5.41, 5.74) is 0.734. The molecule has 0 spiro atoms. The number of piperidine rings is 1. The Kier molecular flexibility index (Phi) is 4.64. The monoisotopic (exact) mass is 321 g/mol. The van der Waals surface area contributed by atoms with Gasteiger partial charge < -0.3 is 14.4 Å². The summed E-state index contributed by atoms with van der Waals surface area (Å²) in [6, 6.07) is 3.74. The average molecular weight is 322 g/mol. The zero-order chi connectivity index (χ0) is 15.5. The van der Waals surface area contributed by atoms with E-state index in [9.17, 15) is 0 Å². The number of methoxy groups -OCH3 is 1. The number of nitrogens with zero attached hydrogens (tertiary/aromatic N) is 3. The Morgan fingerprint density at radius 1 is 1.27 bits per heavy atom. The molecule has 0 saturated carbocycles. The van der Waals surface area contributed by atoms with Gasteiger partial charge in [-0.15, -0.1) is 0 Å². The van der Waals surface area contributed by atoms with Crippen LogP contribution in [0.25, 0.3) is 10.9 Å². The van der Waals surface area contributed by atoms with E-state index in [-0.39, 0.29) is 0 Å². The Labute approximate surface area is 135 Å². The van der Waals surface area contributed by atoms with E-state index in [0.29, 0.717) is 16.8 Å². The molecule has 0 amide bonds. The molecule has 5 nitrogen and oxygen atoms in total. The minimum atomic E-state index is 0.392. The van der Waals surface area contributed by atoms with Crippen molar-refractivity contribution in [1.82, 2.24) is 14.9 Å². The number of likely N-dealkylation sites (tertiary alicyclic amines) is 1. The third-order valence-electron chi connectivity index (χ3n) is 4.17. The summed E-state index contributed by atoms with van der Waals surface area (Å²) in [5.74, 6) is 2.01. The van der Waals surface area contributed by atoms with Gasteiger partial charge in [0.05, 0.1) is 24.6 Å². The van der Waals surface area contributed by atoms with Gasteiger partial charge in [0.15, 0.2) is 0 Å². The predicted octanol–water partition coefficient (Wildman–Crippen LogP) is 3.01. The molecule has 1 aromatic heterocycles. The lowest BCUT2D eigenvalue weighted by molar-refractivity contribution is 0.160. The number of halogens is 1. The number of fused-ring (bicyclic) bond motifs is 1. The van der Waals surface area contributed by atoms with Crippen LogP contribution in [0, 0.1) is 5.92 Å². The quantitative estimate of drug-likeness (QED) is 0.810. The van der Waals surface area contributed by atoms with Crippen LogP contribution in [0.15, 0.2) is 18.5 Å². The van der Waals surface area contributed by atoms with Crippen LogP contribution in [-0.2, 0) is 0 Å². The lowest BCUT2D eigenvalue weighted by atomic mass is 9.98. The van der Waals surface area contributed by atoms with Crippen LogP contribution in [0.3, 0.4) is 0 Å². The predicted molar refractivity (Wildman–Crippen MR) is 86.8 cm³/mol. The Bertz CT molecular complexity index is 657. The number of benzene rings is 1. The molecule has 1 fully saturated rings. The SMILES string of the molecule is COc1cc(OCC2CCN(C)CC2)cc2ncnc(Cl)c12. The largest absolute Gasteiger partial charge is 0.496 e. The first-order chi connectivity index (χ1) is 10.7. The van der Waals surface area contributed by atoms with Gasteiger partial charge in [-0.2, -0.15) is 0 Å². The van der Waals surface area contributed by atoms with Gasteiger partial charge in [-0.3, -0.25) is 0 Å². The van der Waals surface area contributed by atoms with E-state index < -0.39 is 0 Å². The molecule has 1 aromatic carbocycles. The van der Waals surface area contributed by atoms with Crippen molar-refractivity contribution in [2.45, 2.75) is 12.8 Å². The fraction of sp³-hybridized carbons (Fsp3) is 0.500. The lowest BCUT2D eigenvalue weighted by Gasteiger charge is -2.28. The van der Waals surface area contributed by atoms with Crippen molar-refractivity contribution in [3.63, 3.8) is 0 Å². The van der Waals surface area contributed by atoms with Crippen LogP contribution in [-0.4, -0.2) is 48.7 Å². The second-order valence-electron chi connectivity index (χ2n) is 5.74. The highest BCUT2D eigenvalue weighted by Gasteiger charge is 2.18. The van der Waals surface area contributed by atoms with Crippen molar-refractivity contribution in [3.8, 4) is 11.5 Å². The standard InChI is InChI=1S/C16H20ClN3O2/c1-20-5-3-11(4-6-20)9-22-12-7-13-15(14(8-12)21-2)16(17)19-10-18-13/h7-8,10-11H,3-6,9H2,1-2H3. The van der Waals surface area contributed by atoms with Crippen molar-refractivity contribution in [1.29, 1.82) is 0 Å². The number of hydrogen-bond donors (Lipinski definition) is 0. The maximum Gasteiger partial charge on any atom is 0.144 e. The summed E-state index contributed by atoms with van der Waals surface area (Å²) >= 11 is 6.13. The first-order valence-corrected chi connectivity index (χ1v) is 7.84. The van der Waals surface area contributed by atoms with Gasteiger partial charge >= 0.3 is 0 Å². The molecule has 1 aliphatic heterocycles. The van der Waals surface area contributed by atoms with Gasteiger partial charge in [-0.05, 0) is 38.9 Å². The normalized spacial score (nSPS) is 16.9. The van der Waals surface area contributed by atoms with Crippen LogP contribution >= 0.6 is 11.6 Å². The molecule has 22 heavy (non-hydrogen) atoms. The summed E-state index contributed by atoms with van der Waals surface area (Å²) < 4.78 is 11.4. The van der Waals surface area contributed by atoms with Gasteiger partial charge in [0.2, 0.25) is 0 Å². The van der Waals surface area contributed by atoms with E-state index in [1.165, 1.54) is 19.2 Å². The molecule has 0 bridgehead atoms. The molecule has 1 aliphatic rings. The number of rotatable bonds is 4. The zero-order valence-electron chi connectivity index (χ0n) is 12.9. The molecule has 6 heteroatoms. The van der Waals surface area contributed by atoms with Gasteiger partial charge in [0, 0.05) is 12.1 Å². The maximum atomic E-state index is 6.13. The molecule has 0 atom stereocenters. The van der Waals surface area contributed by atoms with Crippen LogP contribution in [0.2, 0.25) is 5.15 Å². The van der Waals surface area contributed by atoms with Crippen molar-refractivity contribution in [3.05, 3.63) is 23.6 Å². The van der Waals surface area contributed by atoms with E-state index in [4.69, 9.17) is 21.1 Å². The lowest BCUT2D eigenvalue weighted by Crippen LogP contribution is -2.32. The van der Waals surface area contributed by atoms with E-state index in [1.54, 1.807) is 7.11 Å². The van der Waals surface area contributed by atoms with Gasteiger partial charge in [-0.25, -0.2) is 9.97 Å². The van der Waals surface area contributed by atoms with Crippen LogP contribution < -0.4 is 9.47 Å². The molecule has 0 unspecified atom stereocenters. The fourth-order valence-corrected chi connectivity index (χ4v) is 3.01. The van der Waals surface area contributed by atoms with Crippen LogP contribution in [0.4, 0.5) is 0 Å². The Hall–Kier alpha value is -1.59. The minimum absolute atomic E-state index is 0.392. The van der Waals surface area contributed by atoms with Crippen molar-refractivity contribution in [2.75, 3.05) is 33.9 Å². The van der Waals surface area contributed by atoms with E-state index in [2.05, 4.69) is 21.9 Å². The molecule has 3 rings (SSSR count). The summed E-state index contributed by atoms with van der Waals surface area (Å²) in [4.78, 5) is 10.6. The Morgan fingerprint density at radius 2 is 2.05 bits per heavy atom. The number of hydrogen-bond acceptors (Lipinski definition) is 5. The summed E-state index contributed by atoms with van der Waals surface area (Å²) in [7, 11) is 3.77. The highest BCUT2D eigenvalue weighted by Crippen LogP contribution is 2.34. The molecule has 1 saturated heterocycles. The molecular formula is C16H20ClN3O2. The highest BCUT2D eigenvalue weighted by molar-refractivity contribution is 6.34. The van der Waals surface area contributed by atoms with Crippen molar-refractivity contribution < 1.29 is 9.47 Å². The van der Waals surface area contributed by atoms with E-state index >= 15 is 0 Å². The highest BCUT2D eigenvalue weighted by atomic mass is 35.5. The first kappa shape index (κ1) is 15.3. The van der Waals surface area contributed by atoms with Crippen molar-refractivity contribution in [2.24, 2.45) is 5.92 Å². The minimum Gasteiger partial charge on any atom is -0.496 e. The molecule has 0 radical (unpaired) electrons. The Morgan fingerprint density at radius 3 is 2.77 bits per heavy atom. The summed E-state index contributed by atoms with van der Waals surface area (Å²) in [6.45, 7) is 3.00. The first-order valence-electron chi connectivity index (χ1n) is 7.47. The topological polar surface area (TPSA) is 47.5 Å². The summed E-state index contributed by atoms with van der Waals surface area (Å²) in [5, 5.41) is 1.11. The van der Waals surface area contributed by atoms with E-state index in [1.807, 2.05) is 12.1 Å². The van der Waals surface area contributed by atoms with Gasteiger partial charge in [-0.1, -0.05) is 11.6 Å². The molecule has 0 aliphatic carbocycles. The molecule has 2 aromatic rings. The van der Waals surface area contributed by atoms with Crippen molar-refractivity contribution >= 4 is 22.5 Å². The average Bonchev–Trinajstić information content (AvgIpc) is 2.53. The smallest absolute Gasteiger partial charge is 0.144 e. The Balaban J connectivity index is 1.77. The fourth-order valence-electron chi connectivity index (χ4n) is 2.78. The third kappa shape index (κ3) is 3.25. The number of ether oxygens (including phenoxy) is 2. The van der Waals surface area contributed by atoms with E-state index in [0.717, 1.165) is 36.3 Å². The van der Waals surface area contributed by atoms with Crippen LogP contribution in [0.5, 0.6) is 11.5 Å². The zero-order valence-corrected chi connectivity index (χ0v) is 13.6. The second kappa shape index (κ2) is 6.67. The molecule has 118 valence electrons. The molecular weight excluding hydrogens is 302 g/mol. The second-order valence-corrected chi connectivity index (χ2v) is 6.10. The molecule has 0 N–H and O–H groups in total. The van der Waals surface area contributed by atoms with Crippen LogP contribution in [0.1, 0.15) is 12.8 Å².